The van der Waals surface area contributed by atoms with Crippen LogP contribution in [0.15, 0.2) is 91.0 Å². The number of carbonyl (C=O) groups is 1. The summed E-state index contributed by atoms with van der Waals surface area (Å²) in [5.41, 5.74) is 4.01. The van der Waals surface area contributed by atoms with Gasteiger partial charge in [-0.3, -0.25) is 13.4 Å². The number of carbonyl (C=O) groups excluding carboxylic acids is 1. The van der Waals surface area contributed by atoms with Gasteiger partial charge in [0.25, 0.3) is 0 Å². The van der Waals surface area contributed by atoms with Gasteiger partial charge in [-0.05, 0) is 50.2 Å². The Bertz CT molecular complexity index is 811. The summed E-state index contributed by atoms with van der Waals surface area (Å²) in [6.07, 6.45) is 0. The molecule has 0 unspecified atom stereocenters. The van der Waals surface area contributed by atoms with E-state index in [0.717, 1.165) is 13.4 Å². The minimum absolute atomic E-state index is 0. The SMILES string of the molecule is CC(C)=O.C[N+](C)(C)c1ccccc1.C[N+](C)(C)c1ccccc1.C[N+](C)(C)c1ccccc1.[Br-].[Br-].[Br-]. The average molecular weight is 706 g/mol. The molecule has 210 valence electrons. The van der Waals surface area contributed by atoms with Gasteiger partial charge >= 0.3 is 0 Å². The number of ketones is 1. The fourth-order valence-electron chi connectivity index (χ4n) is 2.63. The molecule has 0 bridgehead atoms. The Morgan fingerprint density at radius 2 is 0.541 bits per heavy atom. The van der Waals surface area contributed by atoms with Crippen molar-refractivity contribution in [3.8, 4) is 0 Å². The van der Waals surface area contributed by atoms with E-state index in [9.17, 15) is 4.79 Å². The van der Waals surface area contributed by atoms with Crippen molar-refractivity contribution < 1.29 is 55.7 Å². The molecule has 7 heteroatoms. The number of hydrogen-bond donors (Lipinski definition) is 0. The minimum atomic E-state index is 0. The average Bonchev–Trinajstić information content (AvgIpc) is 2.74. The van der Waals surface area contributed by atoms with Gasteiger partial charge in [0.2, 0.25) is 0 Å². The standard InChI is InChI=1S/3C9H14N.C3H6O.3BrH/c3*1-10(2,3)9-7-5-4-6-8-9;1-3(2)4;;;/h3*4-8H,1-3H3;1-2H3;3*1H/q3*+1;;;;/p-3. The maximum absolute atomic E-state index is 9.44. The van der Waals surface area contributed by atoms with E-state index in [4.69, 9.17) is 0 Å². The van der Waals surface area contributed by atoms with E-state index in [1.54, 1.807) is 0 Å². The van der Waals surface area contributed by atoms with Crippen LogP contribution in [0.1, 0.15) is 13.8 Å². The highest BCUT2D eigenvalue weighted by Gasteiger charge is 2.10. The van der Waals surface area contributed by atoms with Crippen molar-refractivity contribution >= 4 is 22.8 Å². The first kappa shape index (κ1) is 42.7. The first-order valence-corrected chi connectivity index (χ1v) is 11.6. The Hall–Kier alpha value is -1.35. The van der Waals surface area contributed by atoms with Gasteiger partial charge in [0.1, 0.15) is 22.8 Å². The summed E-state index contributed by atoms with van der Waals surface area (Å²) in [7, 11) is 19.5. The van der Waals surface area contributed by atoms with Crippen LogP contribution in [0, 0.1) is 0 Å². The second-order valence-electron chi connectivity index (χ2n) is 11.0. The van der Waals surface area contributed by atoms with Crippen LogP contribution in [-0.2, 0) is 4.79 Å². The molecule has 3 aromatic rings. The molecule has 0 saturated carbocycles. The maximum atomic E-state index is 9.44. The van der Waals surface area contributed by atoms with Crippen molar-refractivity contribution in [2.75, 3.05) is 63.4 Å². The second kappa shape index (κ2) is 20.6. The third-order valence-corrected chi connectivity index (χ3v) is 4.59. The molecule has 0 fully saturated rings. The Kier molecular flexibility index (Phi) is 23.8. The van der Waals surface area contributed by atoms with Crippen molar-refractivity contribution in [3.05, 3.63) is 91.0 Å². The maximum Gasteiger partial charge on any atom is 0.132 e. The zero-order valence-electron chi connectivity index (χ0n) is 24.5. The lowest BCUT2D eigenvalue weighted by Gasteiger charge is -2.22. The van der Waals surface area contributed by atoms with E-state index in [-0.39, 0.29) is 56.7 Å². The Balaban J connectivity index is -0.000000198. The molecular formula is C30H48Br3N3O. The minimum Gasteiger partial charge on any atom is -1.00 e. The molecule has 0 aromatic heterocycles. The van der Waals surface area contributed by atoms with Crippen LogP contribution in [-0.4, -0.2) is 69.2 Å². The van der Waals surface area contributed by atoms with Gasteiger partial charge in [-0.15, -0.1) is 0 Å². The van der Waals surface area contributed by atoms with Crippen molar-refractivity contribution in [2.24, 2.45) is 0 Å². The van der Waals surface area contributed by atoms with Crippen molar-refractivity contribution in [2.45, 2.75) is 13.8 Å². The third-order valence-electron chi connectivity index (χ3n) is 4.59. The molecule has 0 atom stereocenters. The molecule has 0 aliphatic rings. The molecule has 0 N–H and O–H groups in total. The molecule has 0 spiro atoms. The topological polar surface area (TPSA) is 17.1 Å². The van der Waals surface area contributed by atoms with E-state index < -0.39 is 0 Å². The predicted molar refractivity (Wildman–Crippen MR) is 154 cm³/mol. The number of Topliss-reactive ketones (excluding diaryl/α,β-unsaturated/α-hetero) is 1. The van der Waals surface area contributed by atoms with Gasteiger partial charge in [0.05, 0.1) is 63.4 Å². The van der Waals surface area contributed by atoms with Crippen LogP contribution in [0.2, 0.25) is 0 Å². The zero-order valence-corrected chi connectivity index (χ0v) is 29.3. The molecule has 0 radical (unpaired) electrons. The normalized spacial score (nSPS) is 10.0. The molecule has 0 saturated heterocycles. The van der Waals surface area contributed by atoms with Gasteiger partial charge < -0.3 is 55.7 Å². The fraction of sp³-hybridized carbons (Fsp3) is 0.367. The van der Waals surface area contributed by atoms with Gasteiger partial charge in [-0.25, -0.2) is 0 Å². The fourth-order valence-corrected chi connectivity index (χ4v) is 2.63. The van der Waals surface area contributed by atoms with Crippen LogP contribution in [0.3, 0.4) is 0 Å². The Morgan fingerprint density at radius 3 is 0.622 bits per heavy atom. The number of rotatable bonds is 3. The van der Waals surface area contributed by atoms with Crippen molar-refractivity contribution in [1.82, 2.24) is 13.4 Å². The summed E-state index contributed by atoms with van der Waals surface area (Å²) < 4.78 is 2.67. The number of quaternary nitrogens is 3. The van der Waals surface area contributed by atoms with E-state index >= 15 is 0 Å². The van der Waals surface area contributed by atoms with E-state index in [2.05, 4.69) is 136 Å². The highest BCUT2D eigenvalue weighted by molar-refractivity contribution is 5.72. The summed E-state index contributed by atoms with van der Waals surface area (Å²) >= 11 is 0. The Morgan fingerprint density at radius 1 is 0.405 bits per heavy atom. The van der Waals surface area contributed by atoms with Gasteiger partial charge in [0, 0.05) is 0 Å². The van der Waals surface area contributed by atoms with Crippen LogP contribution < -0.4 is 64.4 Å². The lowest BCUT2D eigenvalue weighted by atomic mass is 10.3. The van der Waals surface area contributed by atoms with E-state index in [0.29, 0.717) is 0 Å². The molecular weight excluding hydrogens is 658 g/mol. The summed E-state index contributed by atoms with van der Waals surface area (Å²) in [4.78, 5) is 9.44. The van der Waals surface area contributed by atoms with Crippen molar-refractivity contribution in [1.29, 1.82) is 0 Å². The number of benzene rings is 3. The highest BCUT2D eigenvalue weighted by atomic mass is 79.9. The molecule has 3 aromatic carbocycles. The molecule has 0 aliphatic heterocycles. The van der Waals surface area contributed by atoms with Gasteiger partial charge in [0.15, 0.2) is 0 Å². The van der Waals surface area contributed by atoms with Crippen LogP contribution in [0.5, 0.6) is 0 Å². The van der Waals surface area contributed by atoms with Crippen LogP contribution in [0.25, 0.3) is 0 Å². The smallest absolute Gasteiger partial charge is 0.132 e. The molecule has 0 aliphatic carbocycles. The predicted octanol–water partition coefficient (Wildman–Crippen LogP) is -2.74. The molecule has 0 amide bonds. The van der Waals surface area contributed by atoms with E-state index in [1.807, 2.05) is 18.2 Å². The molecule has 3 rings (SSSR count). The lowest BCUT2D eigenvalue weighted by Crippen LogP contribution is -3.00. The van der Waals surface area contributed by atoms with Crippen molar-refractivity contribution in [3.63, 3.8) is 0 Å². The van der Waals surface area contributed by atoms with Gasteiger partial charge in [-0.2, -0.15) is 0 Å². The first-order chi connectivity index (χ1) is 15.5. The summed E-state index contributed by atoms with van der Waals surface area (Å²) in [6.45, 7) is 3.06. The molecule has 37 heavy (non-hydrogen) atoms. The number of hydrogen-bond acceptors (Lipinski definition) is 1. The second-order valence-corrected chi connectivity index (χ2v) is 11.0. The van der Waals surface area contributed by atoms with Crippen LogP contribution in [0.4, 0.5) is 17.1 Å². The van der Waals surface area contributed by atoms with E-state index in [1.165, 1.54) is 30.9 Å². The number of halogens is 3. The molecule has 0 heterocycles. The molecule has 4 nitrogen and oxygen atoms in total. The quantitative estimate of drug-likeness (QED) is 0.271. The summed E-state index contributed by atoms with van der Waals surface area (Å²) in [5.74, 6) is 0.167. The van der Waals surface area contributed by atoms with Gasteiger partial charge in [-0.1, -0.05) is 54.6 Å². The first-order valence-electron chi connectivity index (χ1n) is 11.6. The lowest BCUT2D eigenvalue weighted by molar-refractivity contribution is -0.115. The summed E-state index contributed by atoms with van der Waals surface area (Å²) in [6, 6.07) is 31.4. The highest BCUT2D eigenvalue weighted by Crippen LogP contribution is 2.15. The van der Waals surface area contributed by atoms with Crippen LogP contribution >= 0.6 is 0 Å². The monoisotopic (exact) mass is 703 g/mol. The Labute approximate surface area is 259 Å². The summed E-state index contributed by atoms with van der Waals surface area (Å²) in [5, 5.41) is 0. The third kappa shape index (κ3) is 22.4. The zero-order chi connectivity index (χ0) is 26.4. The largest absolute Gasteiger partial charge is 1.00 e. The number of nitrogens with zero attached hydrogens (tertiary/aromatic N) is 3. The number of para-hydroxylation sites is 3.